The third-order valence-electron chi connectivity index (χ3n) is 3.14. The van der Waals surface area contributed by atoms with Crippen molar-refractivity contribution in [2.24, 2.45) is 0 Å². The molecule has 0 aliphatic heterocycles. The molecule has 1 amide bonds. The van der Waals surface area contributed by atoms with Crippen molar-refractivity contribution < 1.29 is 9.72 Å². The van der Waals surface area contributed by atoms with Crippen LogP contribution in [0.15, 0.2) is 53.4 Å². The SMILES string of the molecule is C[C@H](NC(=O)CSc1ccc([N+](=O)[O-])cc1)c1cccc(Cl)c1. The van der Waals surface area contributed by atoms with Gasteiger partial charge in [-0.25, -0.2) is 0 Å². The zero-order valence-electron chi connectivity index (χ0n) is 12.4. The summed E-state index contributed by atoms with van der Waals surface area (Å²) >= 11 is 7.27. The van der Waals surface area contributed by atoms with Gasteiger partial charge in [-0.2, -0.15) is 0 Å². The van der Waals surface area contributed by atoms with Gasteiger partial charge in [0.15, 0.2) is 0 Å². The molecule has 7 heteroatoms. The lowest BCUT2D eigenvalue weighted by Gasteiger charge is -2.14. The lowest BCUT2D eigenvalue weighted by atomic mass is 10.1. The molecule has 0 saturated carbocycles. The van der Waals surface area contributed by atoms with Crippen molar-refractivity contribution in [3.05, 3.63) is 69.2 Å². The van der Waals surface area contributed by atoms with Crippen LogP contribution in [-0.4, -0.2) is 16.6 Å². The minimum Gasteiger partial charge on any atom is -0.349 e. The van der Waals surface area contributed by atoms with E-state index in [9.17, 15) is 14.9 Å². The van der Waals surface area contributed by atoms with E-state index >= 15 is 0 Å². The number of halogens is 1. The van der Waals surface area contributed by atoms with Gasteiger partial charge in [-0.15, -0.1) is 11.8 Å². The van der Waals surface area contributed by atoms with E-state index in [0.717, 1.165) is 10.5 Å². The third kappa shape index (κ3) is 5.26. The van der Waals surface area contributed by atoms with Gasteiger partial charge in [-0.1, -0.05) is 23.7 Å². The summed E-state index contributed by atoms with van der Waals surface area (Å²) in [5.41, 5.74) is 0.972. The van der Waals surface area contributed by atoms with Crippen molar-refractivity contribution in [2.45, 2.75) is 17.9 Å². The van der Waals surface area contributed by atoms with Gasteiger partial charge in [-0.05, 0) is 36.8 Å². The largest absolute Gasteiger partial charge is 0.349 e. The molecule has 120 valence electrons. The standard InChI is InChI=1S/C16H15ClN2O3S/c1-11(12-3-2-4-13(17)9-12)18-16(20)10-23-15-7-5-14(6-8-15)19(21)22/h2-9,11H,10H2,1H3,(H,18,20)/t11-/m0/s1. The minimum absolute atomic E-state index is 0.0355. The van der Waals surface area contributed by atoms with E-state index in [1.54, 1.807) is 18.2 Å². The van der Waals surface area contributed by atoms with Crippen LogP contribution in [0.3, 0.4) is 0 Å². The van der Waals surface area contributed by atoms with Gasteiger partial charge in [-0.3, -0.25) is 14.9 Å². The van der Waals surface area contributed by atoms with Crippen LogP contribution in [-0.2, 0) is 4.79 Å². The van der Waals surface area contributed by atoms with Gasteiger partial charge in [0.25, 0.3) is 5.69 Å². The molecule has 2 aromatic carbocycles. The van der Waals surface area contributed by atoms with Crippen LogP contribution < -0.4 is 5.32 Å². The zero-order chi connectivity index (χ0) is 16.8. The number of rotatable bonds is 6. The molecule has 0 bridgehead atoms. The average Bonchev–Trinajstić information content (AvgIpc) is 2.53. The highest BCUT2D eigenvalue weighted by atomic mass is 35.5. The molecule has 0 aromatic heterocycles. The number of thioether (sulfide) groups is 1. The number of nitro groups is 1. The van der Waals surface area contributed by atoms with Crippen LogP contribution in [0.1, 0.15) is 18.5 Å². The lowest BCUT2D eigenvalue weighted by molar-refractivity contribution is -0.384. The molecule has 0 heterocycles. The Balaban J connectivity index is 1.86. The summed E-state index contributed by atoms with van der Waals surface area (Å²) in [7, 11) is 0. The Morgan fingerprint density at radius 2 is 2.00 bits per heavy atom. The predicted molar refractivity (Wildman–Crippen MR) is 91.8 cm³/mol. The van der Waals surface area contributed by atoms with E-state index in [4.69, 9.17) is 11.6 Å². The summed E-state index contributed by atoms with van der Waals surface area (Å²) in [6, 6.07) is 13.3. The molecule has 0 aliphatic rings. The van der Waals surface area contributed by atoms with Gasteiger partial charge in [0.1, 0.15) is 0 Å². The summed E-state index contributed by atoms with van der Waals surface area (Å²) in [6.45, 7) is 1.89. The van der Waals surface area contributed by atoms with Crippen LogP contribution in [0.25, 0.3) is 0 Å². The van der Waals surface area contributed by atoms with E-state index in [1.165, 1.54) is 23.9 Å². The molecule has 1 atom stereocenters. The van der Waals surface area contributed by atoms with Crippen LogP contribution in [0.2, 0.25) is 5.02 Å². The Hall–Kier alpha value is -2.05. The topological polar surface area (TPSA) is 72.2 Å². The highest BCUT2D eigenvalue weighted by Gasteiger charge is 2.11. The second-order valence-corrected chi connectivity index (χ2v) is 6.37. The number of hydrogen-bond acceptors (Lipinski definition) is 4. The maximum absolute atomic E-state index is 12.0. The Bertz CT molecular complexity index is 707. The smallest absolute Gasteiger partial charge is 0.269 e. The summed E-state index contributed by atoms with van der Waals surface area (Å²) in [6.07, 6.45) is 0. The first-order valence-corrected chi connectivity index (χ1v) is 8.24. The van der Waals surface area contributed by atoms with Crippen molar-refractivity contribution in [1.82, 2.24) is 5.32 Å². The fourth-order valence-corrected chi connectivity index (χ4v) is 2.86. The van der Waals surface area contributed by atoms with Gasteiger partial charge < -0.3 is 5.32 Å². The molecular formula is C16H15ClN2O3S. The molecule has 0 radical (unpaired) electrons. The number of nitrogens with one attached hydrogen (secondary N) is 1. The van der Waals surface area contributed by atoms with Crippen molar-refractivity contribution in [3.63, 3.8) is 0 Å². The molecule has 0 unspecified atom stereocenters. The van der Waals surface area contributed by atoms with Gasteiger partial charge in [0, 0.05) is 22.1 Å². The first-order valence-electron chi connectivity index (χ1n) is 6.88. The number of hydrogen-bond donors (Lipinski definition) is 1. The Morgan fingerprint density at radius 3 is 2.61 bits per heavy atom. The van der Waals surface area contributed by atoms with E-state index in [-0.39, 0.29) is 23.4 Å². The highest BCUT2D eigenvalue weighted by Crippen LogP contribution is 2.22. The Labute approximate surface area is 143 Å². The molecule has 0 saturated heterocycles. The fraction of sp³-hybridized carbons (Fsp3) is 0.188. The maximum atomic E-state index is 12.0. The number of nitro benzene ring substituents is 1. The first kappa shape index (κ1) is 17.3. The molecule has 0 aliphatic carbocycles. The van der Waals surface area contributed by atoms with E-state index in [2.05, 4.69) is 5.32 Å². The van der Waals surface area contributed by atoms with Crippen LogP contribution in [0.5, 0.6) is 0 Å². The predicted octanol–water partition coefficient (Wildman–Crippen LogP) is 4.22. The summed E-state index contributed by atoms with van der Waals surface area (Å²) in [5.74, 6) is 0.128. The second-order valence-electron chi connectivity index (χ2n) is 4.88. The zero-order valence-corrected chi connectivity index (χ0v) is 13.9. The minimum atomic E-state index is -0.451. The van der Waals surface area contributed by atoms with Gasteiger partial charge >= 0.3 is 0 Å². The highest BCUT2D eigenvalue weighted by molar-refractivity contribution is 8.00. The number of carbonyl (C=O) groups is 1. The first-order chi connectivity index (χ1) is 11.0. The molecule has 0 spiro atoms. The third-order valence-corrected chi connectivity index (χ3v) is 4.39. The van der Waals surface area contributed by atoms with Crippen LogP contribution in [0.4, 0.5) is 5.69 Å². The molecule has 1 N–H and O–H groups in total. The molecule has 23 heavy (non-hydrogen) atoms. The molecular weight excluding hydrogens is 336 g/mol. The number of non-ortho nitro benzene ring substituents is 1. The maximum Gasteiger partial charge on any atom is 0.269 e. The molecule has 0 fully saturated rings. The van der Waals surface area contributed by atoms with Crippen molar-refractivity contribution in [3.8, 4) is 0 Å². The van der Waals surface area contributed by atoms with Crippen LogP contribution in [0, 0.1) is 10.1 Å². The molecule has 2 aromatic rings. The van der Waals surface area contributed by atoms with Gasteiger partial charge in [0.05, 0.1) is 16.7 Å². The number of benzene rings is 2. The quantitative estimate of drug-likeness (QED) is 0.481. The van der Waals surface area contributed by atoms with Crippen LogP contribution >= 0.6 is 23.4 Å². The monoisotopic (exact) mass is 350 g/mol. The van der Waals surface area contributed by atoms with Crippen molar-refractivity contribution in [2.75, 3.05) is 5.75 Å². The Morgan fingerprint density at radius 1 is 1.30 bits per heavy atom. The summed E-state index contributed by atoms with van der Waals surface area (Å²) < 4.78 is 0. The van der Waals surface area contributed by atoms with E-state index < -0.39 is 4.92 Å². The Kier molecular flexibility index (Phi) is 6.01. The fourth-order valence-electron chi connectivity index (χ4n) is 1.96. The van der Waals surface area contributed by atoms with E-state index in [0.29, 0.717) is 5.02 Å². The number of nitrogens with zero attached hydrogens (tertiary/aromatic N) is 1. The normalized spacial score (nSPS) is 11.7. The number of carbonyl (C=O) groups excluding carboxylic acids is 1. The van der Waals surface area contributed by atoms with Gasteiger partial charge in [0.2, 0.25) is 5.91 Å². The summed E-state index contributed by atoms with van der Waals surface area (Å²) in [5, 5.41) is 14.1. The molecule has 2 rings (SSSR count). The lowest BCUT2D eigenvalue weighted by Crippen LogP contribution is -2.28. The second kappa shape index (κ2) is 7.99. The van der Waals surface area contributed by atoms with Crippen molar-refractivity contribution in [1.29, 1.82) is 0 Å². The molecule has 5 nitrogen and oxygen atoms in total. The summed E-state index contributed by atoms with van der Waals surface area (Å²) in [4.78, 5) is 22.9. The average molecular weight is 351 g/mol. The van der Waals surface area contributed by atoms with Crippen molar-refractivity contribution >= 4 is 35.0 Å². The van der Waals surface area contributed by atoms with E-state index in [1.807, 2.05) is 25.1 Å². The number of amides is 1.